The number of aromatic amines is 2. The summed E-state index contributed by atoms with van der Waals surface area (Å²) in [6.07, 6.45) is 5.63. The number of benzene rings is 1. The van der Waals surface area contributed by atoms with E-state index < -0.39 is 0 Å². The molecule has 4 heterocycles. The van der Waals surface area contributed by atoms with Gasteiger partial charge in [-0.05, 0) is 41.8 Å². The number of hydrogen-bond acceptors (Lipinski definition) is 5. The molecule has 154 valence electrons. The summed E-state index contributed by atoms with van der Waals surface area (Å²) < 4.78 is 0. The molecule has 0 bridgehead atoms. The third kappa shape index (κ3) is 3.75. The number of H-pyrrole nitrogens is 2. The van der Waals surface area contributed by atoms with Crippen molar-refractivity contribution in [2.75, 3.05) is 5.32 Å². The first-order valence-corrected chi connectivity index (χ1v) is 10.1. The summed E-state index contributed by atoms with van der Waals surface area (Å²) >= 11 is 0. The summed E-state index contributed by atoms with van der Waals surface area (Å²) in [7, 11) is 0. The monoisotopic (exact) mass is 411 g/mol. The van der Waals surface area contributed by atoms with E-state index in [-0.39, 0.29) is 5.91 Å². The topological polar surface area (TPSA) is 112 Å². The van der Waals surface area contributed by atoms with E-state index in [0.29, 0.717) is 29.5 Å². The number of anilines is 1. The number of aromatic nitrogens is 6. The minimum absolute atomic E-state index is 0.0139. The van der Waals surface area contributed by atoms with Gasteiger partial charge >= 0.3 is 0 Å². The normalized spacial score (nSPS) is 11.5. The second-order valence-corrected chi connectivity index (χ2v) is 7.90. The van der Waals surface area contributed by atoms with Gasteiger partial charge in [0.1, 0.15) is 5.69 Å². The number of carbonyl (C=O) groups excluding carboxylic acids is 1. The molecular weight excluding hydrogens is 390 g/mol. The molecule has 1 amide bonds. The Balaban J connectivity index is 1.51. The number of nitrogens with zero attached hydrogens (tertiary/aromatic N) is 4. The van der Waals surface area contributed by atoms with E-state index in [1.807, 2.05) is 50.2 Å². The quantitative estimate of drug-likeness (QED) is 0.393. The molecule has 0 aliphatic carbocycles. The van der Waals surface area contributed by atoms with E-state index >= 15 is 0 Å². The van der Waals surface area contributed by atoms with Crippen LogP contribution in [-0.2, 0) is 4.79 Å². The molecule has 0 atom stereocenters. The third-order valence-electron chi connectivity index (χ3n) is 4.99. The van der Waals surface area contributed by atoms with E-state index in [1.54, 1.807) is 18.6 Å². The molecule has 0 saturated heterocycles. The summed E-state index contributed by atoms with van der Waals surface area (Å²) in [6, 6.07) is 11.8. The second kappa shape index (κ2) is 7.64. The second-order valence-electron chi connectivity index (χ2n) is 7.90. The van der Waals surface area contributed by atoms with Crippen molar-refractivity contribution in [3.05, 3.63) is 55.0 Å². The maximum Gasteiger partial charge on any atom is 0.224 e. The Morgan fingerprint density at radius 2 is 2.00 bits per heavy atom. The fraction of sp³-hybridized carbons (Fsp3) is 0.174. The predicted octanol–water partition coefficient (Wildman–Crippen LogP) is 4.55. The average molecular weight is 411 g/mol. The Bertz CT molecular complexity index is 1370. The van der Waals surface area contributed by atoms with E-state index in [2.05, 4.69) is 35.5 Å². The fourth-order valence-corrected chi connectivity index (χ4v) is 3.58. The standard InChI is InChI=1S/C23H21N7O/c1-13(2)8-20(31)26-16-9-15(11-24-12-16)14-5-6-18-17(10-14)21(30-29-18)23-27-19-4-3-7-25-22(19)28-23/h3-7,9-13H,8H2,1-2H3,(H,26,31)(H,29,30)(H,25,27,28). The number of fused-ring (bicyclic) bond motifs is 2. The fourth-order valence-electron chi connectivity index (χ4n) is 3.58. The first kappa shape index (κ1) is 18.9. The van der Waals surface area contributed by atoms with E-state index in [0.717, 1.165) is 33.2 Å². The Hall–Kier alpha value is -4.07. The van der Waals surface area contributed by atoms with Crippen molar-refractivity contribution < 1.29 is 4.79 Å². The summed E-state index contributed by atoms with van der Waals surface area (Å²) in [6.45, 7) is 4.04. The highest BCUT2D eigenvalue weighted by atomic mass is 16.1. The Kier molecular flexibility index (Phi) is 4.66. The molecule has 0 saturated carbocycles. The summed E-state index contributed by atoms with van der Waals surface area (Å²) in [5, 5.41) is 11.4. The molecule has 5 rings (SSSR count). The van der Waals surface area contributed by atoms with Crippen molar-refractivity contribution >= 4 is 33.7 Å². The zero-order valence-corrected chi connectivity index (χ0v) is 17.2. The largest absolute Gasteiger partial charge is 0.335 e. The van der Waals surface area contributed by atoms with Crippen molar-refractivity contribution in [3.8, 4) is 22.6 Å². The lowest BCUT2D eigenvalue weighted by Gasteiger charge is -2.09. The van der Waals surface area contributed by atoms with Crippen LogP contribution in [0, 0.1) is 5.92 Å². The van der Waals surface area contributed by atoms with Gasteiger partial charge in [0.05, 0.1) is 22.9 Å². The number of carbonyl (C=O) groups is 1. The van der Waals surface area contributed by atoms with Crippen molar-refractivity contribution in [1.82, 2.24) is 30.1 Å². The van der Waals surface area contributed by atoms with E-state index in [9.17, 15) is 4.79 Å². The molecule has 5 aromatic rings. The molecule has 0 radical (unpaired) electrons. The Morgan fingerprint density at radius 1 is 1.10 bits per heavy atom. The van der Waals surface area contributed by atoms with Crippen LogP contribution < -0.4 is 5.32 Å². The van der Waals surface area contributed by atoms with Crippen LogP contribution in [0.1, 0.15) is 20.3 Å². The molecule has 0 aliphatic rings. The minimum atomic E-state index is -0.0139. The van der Waals surface area contributed by atoms with Crippen LogP contribution in [-0.4, -0.2) is 36.0 Å². The zero-order chi connectivity index (χ0) is 21.4. The van der Waals surface area contributed by atoms with Gasteiger partial charge in [0.2, 0.25) is 5.91 Å². The molecule has 1 aromatic carbocycles. The summed E-state index contributed by atoms with van der Waals surface area (Å²) in [5.74, 6) is 0.941. The first-order valence-electron chi connectivity index (χ1n) is 10.1. The van der Waals surface area contributed by atoms with Gasteiger partial charge < -0.3 is 10.3 Å². The van der Waals surface area contributed by atoms with Gasteiger partial charge in [-0.1, -0.05) is 19.9 Å². The van der Waals surface area contributed by atoms with Crippen LogP contribution in [0.15, 0.2) is 55.0 Å². The number of pyridine rings is 2. The van der Waals surface area contributed by atoms with Gasteiger partial charge in [-0.15, -0.1) is 0 Å². The van der Waals surface area contributed by atoms with Gasteiger partial charge in [0.15, 0.2) is 11.5 Å². The smallest absolute Gasteiger partial charge is 0.224 e. The summed E-state index contributed by atoms with van der Waals surface area (Å²) in [5.41, 5.74) is 5.70. The van der Waals surface area contributed by atoms with Crippen LogP contribution in [0.25, 0.3) is 44.7 Å². The first-order chi connectivity index (χ1) is 15.1. The molecule has 4 aromatic heterocycles. The van der Waals surface area contributed by atoms with Gasteiger partial charge in [0.25, 0.3) is 0 Å². The molecule has 0 unspecified atom stereocenters. The van der Waals surface area contributed by atoms with Crippen LogP contribution in [0.3, 0.4) is 0 Å². The maximum atomic E-state index is 12.1. The number of imidazole rings is 1. The average Bonchev–Trinajstić information content (AvgIpc) is 3.36. The van der Waals surface area contributed by atoms with Crippen LogP contribution in [0.4, 0.5) is 5.69 Å². The molecule has 8 heteroatoms. The SMILES string of the molecule is CC(C)CC(=O)Nc1cncc(-c2ccc3[nH]nc(-c4nc5ncccc5[nH]4)c3c2)c1. The molecule has 3 N–H and O–H groups in total. The van der Waals surface area contributed by atoms with Crippen LogP contribution >= 0.6 is 0 Å². The van der Waals surface area contributed by atoms with Crippen LogP contribution in [0.5, 0.6) is 0 Å². The van der Waals surface area contributed by atoms with Gasteiger partial charge in [0, 0.05) is 29.8 Å². The Morgan fingerprint density at radius 3 is 2.84 bits per heavy atom. The number of amides is 1. The molecule has 31 heavy (non-hydrogen) atoms. The van der Waals surface area contributed by atoms with Crippen LogP contribution in [0.2, 0.25) is 0 Å². The van der Waals surface area contributed by atoms with Gasteiger partial charge in [-0.2, -0.15) is 5.10 Å². The van der Waals surface area contributed by atoms with Gasteiger partial charge in [-0.3, -0.25) is 14.9 Å². The lowest BCUT2D eigenvalue weighted by molar-refractivity contribution is -0.116. The Labute approximate surface area is 178 Å². The predicted molar refractivity (Wildman–Crippen MR) is 120 cm³/mol. The highest BCUT2D eigenvalue weighted by Crippen LogP contribution is 2.30. The van der Waals surface area contributed by atoms with Crippen molar-refractivity contribution in [1.29, 1.82) is 0 Å². The summed E-state index contributed by atoms with van der Waals surface area (Å²) in [4.78, 5) is 28.6. The molecule has 0 fully saturated rings. The third-order valence-corrected chi connectivity index (χ3v) is 4.99. The number of hydrogen-bond donors (Lipinski definition) is 3. The van der Waals surface area contributed by atoms with Crippen molar-refractivity contribution in [2.24, 2.45) is 5.92 Å². The number of nitrogens with one attached hydrogen (secondary N) is 3. The maximum absolute atomic E-state index is 12.1. The van der Waals surface area contributed by atoms with Gasteiger partial charge in [-0.25, -0.2) is 9.97 Å². The van der Waals surface area contributed by atoms with Crippen molar-refractivity contribution in [3.63, 3.8) is 0 Å². The van der Waals surface area contributed by atoms with Crippen molar-refractivity contribution in [2.45, 2.75) is 20.3 Å². The highest BCUT2D eigenvalue weighted by molar-refractivity contribution is 5.96. The highest BCUT2D eigenvalue weighted by Gasteiger charge is 2.14. The molecule has 8 nitrogen and oxygen atoms in total. The van der Waals surface area contributed by atoms with E-state index in [1.165, 1.54) is 0 Å². The molecule has 0 aliphatic heterocycles. The molecule has 0 spiro atoms. The molecular formula is C23H21N7O. The minimum Gasteiger partial charge on any atom is -0.335 e. The lowest BCUT2D eigenvalue weighted by Crippen LogP contribution is -2.13. The zero-order valence-electron chi connectivity index (χ0n) is 17.2. The lowest BCUT2D eigenvalue weighted by atomic mass is 10.0. The van der Waals surface area contributed by atoms with E-state index in [4.69, 9.17) is 0 Å². The number of rotatable bonds is 5.